The molecule has 3 N–H and O–H groups in total. The largest absolute Gasteiger partial charge is 0.352 e. The lowest BCUT2D eigenvalue weighted by molar-refractivity contribution is -0.120. The van der Waals surface area contributed by atoms with Crippen LogP contribution in [-0.2, 0) is 17.8 Å². The topological polar surface area (TPSA) is 83.1 Å². The van der Waals surface area contributed by atoms with Crippen molar-refractivity contribution in [3.05, 3.63) is 76.0 Å². The molecule has 0 aliphatic carbocycles. The Balaban J connectivity index is 1.46. The van der Waals surface area contributed by atoms with Crippen molar-refractivity contribution in [2.45, 2.75) is 13.0 Å². The number of urea groups is 1. The molecule has 1 heterocycles. The number of benzene rings is 2. The molecule has 0 saturated heterocycles. The summed E-state index contributed by atoms with van der Waals surface area (Å²) in [7, 11) is 0. The Bertz CT molecular complexity index is 961. The number of hydrogen-bond donors (Lipinski definition) is 3. The molecule has 9 heteroatoms. The Morgan fingerprint density at radius 1 is 1.04 bits per heavy atom. The van der Waals surface area contributed by atoms with Gasteiger partial charge in [-0.05, 0) is 42.0 Å². The molecule has 0 aliphatic heterocycles. The third-order valence-electron chi connectivity index (χ3n) is 3.62. The van der Waals surface area contributed by atoms with Crippen LogP contribution in [0.5, 0.6) is 0 Å². The van der Waals surface area contributed by atoms with Crippen molar-refractivity contribution >= 4 is 45.7 Å². The smallest absolute Gasteiger partial charge is 0.325 e. The first-order chi connectivity index (χ1) is 13.5. The molecule has 0 bridgehead atoms. The lowest BCUT2D eigenvalue weighted by atomic mass is 10.2. The first-order valence-electron chi connectivity index (χ1n) is 8.27. The predicted octanol–water partition coefficient (Wildman–Crippen LogP) is 4.44. The summed E-state index contributed by atoms with van der Waals surface area (Å²) in [6.45, 7) is 0.394. The molecule has 0 spiro atoms. The highest BCUT2D eigenvalue weighted by molar-refractivity contribution is 7.14. The van der Waals surface area contributed by atoms with Crippen LogP contribution in [0.15, 0.2) is 53.9 Å². The summed E-state index contributed by atoms with van der Waals surface area (Å²) in [5.41, 5.74) is 1.95. The molecule has 6 nitrogen and oxygen atoms in total. The molecular formula is C19H16ClFN4O2S. The van der Waals surface area contributed by atoms with Crippen molar-refractivity contribution in [2.24, 2.45) is 0 Å². The molecule has 3 amide bonds. The summed E-state index contributed by atoms with van der Waals surface area (Å²) in [4.78, 5) is 28.2. The predicted molar refractivity (Wildman–Crippen MR) is 108 cm³/mol. The number of anilines is 2. The van der Waals surface area contributed by atoms with Crippen LogP contribution in [0.2, 0.25) is 5.02 Å². The van der Waals surface area contributed by atoms with Gasteiger partial charge in [0.2, 0.25) is 5.91 Å². The van der Waals surface area contributed by atoms with Gasteiger partial charge in [0.1, 0.15) is 5.82 Å². The molecule has 28 heavy (non-hydrogen) atoms. The van der Waals surface area contributed by atoms with E-state index in [1.807, 2.05) is 12.1 Å². The maximum Gasteiger partial charge on any atom is 0.325 e. The number of thiazole rings is 1. The molecule has 0 saturated carbocycles. The van der Waals surface area contributed by atoms with Gasteiger partial charge in [-0.1, -0.05) is 23.7 Å². The lowest BCUT2D eigenvalue weighted by Crippen LogP contribution is -2.24. The Kier molecular flexibility index (Phi) is 6.57. The Labute approximate surface area is 169 Å². The van der Waals surface area contributed by atoms with Gasteiger partial charge in [-0.3, -0.25) is 10.1 Å². The van der Waals surface area contributed by atoms with Gasteiger partial charge in [-0.2, -0.15) is 0 Å². The van der Waals surface area contributed by atoms with Gasteiger partial charge in [0, 0.05) is 22.6 Å². The van der Waals surface area contributed by atoms with E-state index >= 15 is 0 Å². The normalized spacial score (nSPS) is 10.4. The number of carbonyl (C=O) groups excluding carboxylic acids is 2. The molecule has 3 rings (SSSR count). The van der Waals surface area contributed by atoms with Gasteiger partial charge in [0.15, 0.2) is 5.13 Å². The zero-order valence-electron chi connectivity index (χ0n) is 14.5. The highest BCUT2D eigenvalue weighted by Crippen LogP contribution is 2.17. The zero-order valence-corrected chi connectivity index (χ0v) is 16.1. The van der Waals surface area contributed by atoms with Crippen molar-refractivity contribution in [3.63, 3.8) is 0 Å². The molecule has 144 valence electrons. The van der Waals surface area contributed by atoms with Crippen LogP contribution >= 0.6 is 22.9 Å². The van der Waals surface area contributed by atoms with Gasteiger partial charge in [0.25, 0.3) is 0 Å². The fourth-order valence-corrected chi connectivity index (χ4v) is 3.10. The van der Waals surface area contributed by atoms with E-state index in [2.05, 4.69) is 20.9 Å². The molecule has 0 radical (unpaired) electrons. The van der Waals surface area contributed by atoms with E-state index in [1.165, 1.54) is 35.6 Å². The van der Waals surface area contributed by atoms with E-state index in [0.717, 1.165) is 5.56 Å². The number of hydrogen-bond acceptors (Lipinski definition) is 4. The van der Waals surface area contributed by atoms with Crippen molar-refractivity contribution in [3.8, 4) is 0 Å². The first-order valence-corrected chi connectivity index (χ1v) is 9.53. The fraction of sp³-hybridized carbons (Fsp3) is 0.105. The average Bonchev–Trinajstić information content (AvgIpc) is 3.09. The number of amides is 3. The fourth-order valence-electron chi connectivity index (χ4n) is 2.27. The number of nitrogens with one attached hydrogen (secondary N) is 3. The molecule has 0 fully saturated rings. The van der Waals surface area contributed by atoms with Crippen LogP contribution < -0.4 is 16.0 Å². The van der Waals surface area contributed by atoms with Crippen LogP contribution in [0.1, 0.15) is 11.3 Å². The number of nitrogens with zero attached hydrogens (tertiary/aromatic N) is 1. The zero-order chi connectivity index (χ0) is 19.9. The van der Waals surface area contributed by atoms with Crippen molar-refractivity contribution < 1.29 is 14.0 Å². The Morgan fingerprint density at radius 2 is 1.75 bits per heavy atom. The van der Waals surface area contributed by atoms with Gasteiger partial charge in [-0.25, -0.2) is 14.2 Å². The van der Waals surface area contributed by atoms with E-state index in [4.69, 9.17) is 11.6 Å². The van der Waals surface area contributed by atoms with E-state index in [0.29, 0.717) is 28.1 Å². The first kappa shape index (κ1) is 19.8. The SMILES string of the molecule is O=C(Cc1csc(NC(=O)Nc2ccc(F)cc2)n1)NCc1ccc(Cl)cc1. The van der Waals surface area contributed by atoms with E-state index in [9.17, 15) is 14.0 Å². The van der Waals surface area contributed by atoms with Crippen molar-refractivity contribution in [1.82, 2.24) is 10.3 Å². The Hall–Kier alpha value is -2.97. The molecule has 0 unspecified atom stereocenters. The summed E-state index contributed by atoms with van der Waals surface area (Å²) in [6, 6.07) is 12.1. The van der Waals surface area contributed by atoms with E-state index in [1.54, 1.807) is 17.5 Å². The van der Waals surface area contributed by atoms with E-state index < -0.39 is 6.03 Å². The monoisotopic (exact) mass is 418 g/mol. The van der Waals surface area contributed by atoms with Gasteiger partial charge >= 0.3 is 6.03 Å². The van der Waals surface area contributed by atoms with Crippen LogP contribution in [0, 0.1) is 5.82 Å². The lowest BCUT2D eigenvalue weighted by Gasteiger charge is -2.05. The number of aromatic nitrogens is 1. The maximum atomic E-state index is 12.9. The summed E-state index contributed by atoms with van der Waals surface area (Å²) < 4.78 is 12.9. The minimum Gasteiger partial charge on any atom is -0.352 e. The number of rotatable bonds is 6. The second kappa shape index (κ2) is 9.29. The summed E-state index contributed by atoms with van der Waals surface area (Å²) in [5, 5.41) is 10.7. The average molecular weight is 419 g/mol. The van der Waals surface area contributed by atoms with Gasteiger partial charge in [0.05, 0.1) is 12.1 Å². The van der Waals surface area contributed by atoms with Crippen LogP contribution in [0.25, 0.3) is 0 Å². The highest BCUT2D eigenvalue weighted by atomic mass is 35.5. The molecular weight excluding hydrogens is 403 g/mol. The number of halogens is 2. The Morgan fingerprint density at radius 3 is 2.46 bits per heavy atom. The minimum atomic E-state index is -0.500. The quantitative estimate of drug-likeness (QED) is 0.553. The second-order valence-electron chi connectivity index (χ2n) is 5.81. The summed E-state index contributed by atoms with van der Waals surface area (Å²) in [6.07, 6.45) is 0.103. The molecule has 0 atom stereocenters. The van der Waals surface area contributed by atoms with Crippen LogP contribution in [-0.4, -0.2) is 16.9 Å². The third-order valence-corrected chi connectivity index (χ3v) is 4.68. The van der Waals surface area contributed by atoms with Gasteiger partial charge < -0.3 is 10.6 Å². The molecule has 2 aromatic carbocycles. The standard InChI is InChI=1S/C19H16ClFN4O2S/c20-13-3-1-12(2-4-13)10-22-17(26)9-16-11-28-19(24-16)25-18(27)23-15-7-5-14(21)6-8-15/h1-8,11H,9-10H2,(H,22,26)(H2,23,24,25,27). The molecule has 1 aromatic heterocycles. The minimum absolute atomic E-state index is 0.103. The third kappa shape index (κ3) is 6.04. The summed E-state index contributed by atoms with van der Waals surface area (Å²) >= 11 is 7.04. The molecule has 3 aromatic rings. The van der Waals surface area contributed by atoms with Crippen molar-refractivity contribution in [2.75, 3.05) is 10.6 Å². The van der Waals surface area contributed by atoms with Gasteiger partial charge in [-0.15, -0.1) is 11.3 Å². The van der Waals surface area contributed by atoms with E-state index in [-0.39, 0.29) is 18.1 Å². The highest BCUT2D eigenvalue weighted by Gasteiger charge is 2.10. The maximum absolute atomic E-state index is 12.9. The second-order valence-corrected chi connectivity index (χ2v) is 7.10. The van der Waals surface area contributed by atoms with Crippen molar-refractivity contribution in [1.29, 1.82) is 0 Å². The number of carbonyl (C=O) groups is 2. The summed E-state index contributed by atoms with van der Waals surface area (Å²) in [5.74, 6) is -0.563. The van der Waals surface area contributed by atoms with Crippen LogP contribution in [0.4, 0.5) is 20.0 Å². The van der Waals surface area contributed by atoms with Crippen LogP contribution in [0.3, 0.4) is 0 Å². The molecule has 0 aliphatic rings.